The molecule has 2 rings (SSSR count). The van der Waals surface area contributed by atoms with E-state index in [2.05, 4.69) is 10.9 Å². The molecule has 0 atom stereocenters. The molecule has 66 valence electrons. The molecule has 2 heteroatoms. The van der Waals surface area contributed by atoms with E-state index in [0.29, 0.717) is 5.56 Å². The number of carbonyl (C=O) groups is 1. The van der Waals surface area contributed by atoms with Crippen LogP contribution < -0.4 is 0 Å². The monoisotopic (exact) mass is 181 g/mol. The minimum Gasteiger partial charge on any atom is -0.279 e. The Morgan fingerprint density at radius 3 is 3.00 bits per heavy atom. The summed E-state index contributed by atoms with van der Waals surface area (Å²) in [5.41, 5.74) is 1.40. The molecular weight excluding hydrogens is 174 g/mol. The molecule has 0 saturated carbocycles. The van der Waals surface area contributed by atoms with Gasteiger partial charge in [-0.3, -0.25) is 9.78 Å². The van der Waals surface area contributed by atoms with Crippen molar-refractivity contribution in [3.8, 4) is 12.3 Å². The zero-order valence-electron chi connectivity index (χ0n) is 7.40. The van der Waals surface area contributed by atoms with Gasteiger partial charge in [-0.05, 0) is 30.2 Å². The summed E-state index contributed by atoms with van der Waals surface area (Å²) in [5.74, 6) is 1.79. The van der Waals surface area contributed by atoms with E-state index in [-0.39, 0.29) is 5.78 Å². The zero-order chi connectivity index (χ0) is 9.97. The van der Waals surface area contributed by atoms with Crippen LogP contribution in [-0.4, -0.2) is 10.8 Å². The zero-order valence-corrected chi connectivity index (χ0v) is 7.40. The molecule has 0 saturated heterocycles. The Morgan fingerprint density at radius 2 is 2.21 bits per heavy atom. The van der Waals surface area contributed by atoms with E-state index in [1.165, 1.54) is 0 Å². The predicted molar refractivity (Wildman–Crippen MR) is 54.9 cm³/mol. The van der Waals surface area contributed by atoms with Crippen molar-refractivity contribution in [3.05, 3.63) is 42.1 Å². The largest absolute Gasteiger partial charge is 0.279 e. The van der Waals surface area contributed by atoms with Gasteiger partial charge in [-0.25, -0.2) is 0 Å². The molecule has 14 heavy (non-hydrogen) atoms. The van der Waals surface area contributed by atoms with Crippen molar-refractivity contribution in [3.63, 3.8) is 0 Å². The van der Waals surface area contributed by atoms with Crippen LogP contribution in [0.25, 0.3) is 10.9 Å². The second-order valence-electron chi connectivity index (χ2n) is 2.88. The molecule has 0 aliphatic rings. The van der Waals surface area contributed by atoms with Gasteiger partial charge in [0.25, 0.3) is 0 Å². The third-order valence-electron chi connectivity index (χ3n) is 2.00. The van der Waals surface area contributed by atoms with E-state index < -0.39 is 0 Å². The highest BCUT2D eigenvalue weighted by Crippen LogP contribution is 2.13. The molecule has 0 bridgehead atoms. The number of fused-ring (bicyclic) bond motifs is 1. The van der Waals surface area contributed by atoms with Crippen LogP contribution in [0.1, 0.15) is 10.4 Å². The van der Waals surface area contributed by atoms with Crippen LogP contribution in [-0.2, 0) is 0 Å². The number of nitrogens with zero attached hydrogens (tertiary/aromatic N) is 1. The number of benzene rings is 1. The van der Waals surface area contributed by atoms with Crippen LogP contribution in [0.4, 0.5) is 0 Å². The number of rotatable bonds is 1. The standard InChI is InChI=1S/C12H7NO/c1-2-12(14)10-5-6-11-9(8-10)4-3-7-13-11/h1,3-8H. The summed E-state index contributed by atoms with van der Waals surface area (Å²) < 4.78 is 0. The third kappa shape index (κ3) is 1.36. The first-order valence-corrected chi connectivity index (χ1v) is 4.17. The third-order valence-corrected chi connectivity index (χ3v) is 2.00. The molecule has 0 fully saturated rings. The quantitative estimate of drug-likeness (QED) is 0.383. The van der Waals surface area contributed by atoms with E-state index in [0.717, 1.165) is 10.9 Å². The first-order chi connectivity index (χ1) is 6.81. The van der Waals surface area contributed by atoms with E-state index >= 15 is 0 Å². The number of carbonyl (C=O) groups excluding carboxylic acids is 1. The number of ketones is 1. The summed E-state index contributed by atoms with van der Waals surface area (Å²) in [6.45, 7) is 0. The average molecular weight is 181 g/mol. The lowest BCUT2D eigenvalue weighted by atomic mass is 10.1. The molecule has 2 nitrogen and oxygen atoms in total. The van der Waals surface area contributed by atoms with E-state index in [1.54, 1.807) is 24.4 Å². The van der Waals surface area contributed by atoms with Crippen molar-refractivity contribution in [2.24, 2.45) is 0 Å². The maximum atomic E-state index is 11.2. The van der Waals surface area contributed by atoms with Gasteiger partial charge in [0.15, 0.2) is 0 Å². The number of hydrogen-bond donors (Lipinski definition) is 0. The lowest BCUT2D eigenvalue weighted by molar-refractivity contribution is 0.105. The Bertz CT molecular complexity index is 537. The van der Waals surface area contributed by atoms with Crippen LogP contribution in [0.2, 0.25) is 0 Å². The maximum Gasteiger partial charge on any atom is 0.235 e. The van der Waals surface area contributed by atoms with Gasteiger partial charge in [-0.15, -0.1) is 6.42 Å². The van der Waals surface area contributed by atoms with E-state index in [4.69, 9.17) is 6.42 Å². The van der Waals surface area contributed by atoms with Crippen molar-refractivity contribution in [1.29, 1.82) is 0 Å². The van der Waals surface area contributed by atoms with Crippen molar-refractivity contribution in [2.75, 3.05) is 0 Å². The molecule has 0 N–H and O–H groups in total. The summed E-state index contributed by atoms with van der Waals surface area (Å²) in [5, 5.41) is 0.925. The smallest absolute Gasteiger partial charge is 0.235 e. The van der Waals surface area contributed by atoms with Gasteiger partial charge in [-0.2, -0.15) is 0 Å². The van der Waals surface area contributed by atoms with Crippen LogP contribution in [0.3, 0.4) is 0 Å². The number of terminal acetylenes is 1. The molecule has 1 aromatic heterocycles. The highest BCUT2D eigenvalue weighted by Gasteiger charge is 2.02. The molecule has 0 radical (unpaired) electrons. The lowest BCUT2D eigenvalue weighted by Crippen LogP contribution is -1.93. The number of hydrogen-bond acceptors (Lipinski definition) is 2. The van der Waals surface area contributed by atoms with Gasteiger partial charge in [0.05, 0.1) is 5.52 Å². The Morgan fingerprint density at radius 1 is 1.36 bits per heavy atom. The fourth-order valence-corrected chi connectivity index (χ4v) is 1.30. The number of Topliss-reactive ketones (excluding diaryl/α,β-unsaturated/α-hetero) is 1. The van der Waals surface area contributed by atoms with Gasteiger partial charge >= 0.3 is 0 Å². The first kappa shape index (κ1) is 8.46. The maximum absolute atomic E-state index is 11.2. The van der Waals surface area contributed by atoms with Gasteiger partial charge in [0, 0.05) is 17.1 Å². The first-order valence-electron chi connectivity index (χ1n) is 4.17. The molecule has 1 heterocycles. The minimum atomic E-state index is -0.296. The summed E-state index contributed by atoms with van der Waals surface area (Å²) >= 11 is 0. The van der Waals surface area contributed by atoms with Crippen LogP contribution in [0, 0.1) is 12.3 Å². The summed E-state index contributed by atoms with van der Waals surface area (Å²) in [6, 6.07) is 8.96. The molecule has 0 spiro atoms. The Kier molecular flexibility index (Phi) is 2.00. The average Bonchev–Trinajstić information content (AvgIpc) is 2.27. The molecular formula is C12H7NO. The number of pyridine rings is 1. The summed E-state index contributed by atoms with van der Waals surface area (Å²) in [4.78, 5) is 15.3. The summed E-state index contributed by atoms with van der Waals surface area (Å²) in [6.07, 6.45) is 6.75. The van der Waals surface area contributed by atoms with Crippen molar-refractivity contribution >= 4 is 16.7 Å². The highest BCUT2D eigenvalue weighted by atomic mass is 16.1. The van der Waals surface area contributed by atoms with Crippen molar-refractivity contribution < 1.29 is 4.79 Å². The fourth-order valence-electron chi connectivity index (χ4n) is 1.30. The summed E-state index contributed by atoms with van der Waals surface area (Å²) in [7, 11) is 0. The molecule has 0 aliphatic carbocycles. The van der Waals surface area contributed by atoms with Crippen LogP contribution in [0.15, 0.2) is 36.5 Å². The van der Waals surface area contributed by atoms with E-state index in [9.17, 15) is 4.79 Å². The Hall–Kier alpha value is -2.14. The Labute approximate surface area is 81.6 Å². The molecule has 1 aromatic carbocycles. The van der Waals surface area contributed by atoms with Crippen molar-refractivity contribution in [1.82, 2.24) is 4.98 Å². The second-order valence-corrected chi connectivity index (χ2v) is 2.88. The van der Waals surface area contributed by atoms with Gasteiger partial charge in [0.1, 0.15) is 0 Å². The second kappa shape index (κ2) is 3.31. The van der Waals surface area contributed by atoms with Crippen LogP contribution >= 0.6 is 0 Å². The normalized spacial score (nSPS) is 9.64. The SMILES string of the molecule is C#CC(=O)c1ccc2ncccc2c1. The molecule has 0 amide bonds. The van der Waals surface area contributed by atoms with Gasteiger partial charge < -0.3 is 0 Å². The Balaban J connectivity index is 2.64. The minimum absolute atomic E-state index is 0.296. The number of aromatic nitrogens is 1. The lowest BCUT2D eigenvalue weighted by Gasteiger charge is -1.97. The molecule has 2 aromatic rings. The fraction of sp³-hybridized carbons (Fsp3) is 0. The molecule has 0 aliphatic heterocycles. The van der Waals surface area contributed by atoms with Crippen LogP contribution in [0.5, 0.6) is 0 Å². The predicted octanol–water partition coefficient (Wildman–Crippen LogP) is 2.05. The van der Waals surface area contributed by atoms with Crippen molar-refractivity contribution in [2.45, 2.75) is 0 Å². The highest BCUT2D eigenvalue weighted by molar-refractivity contribution is 6.10. The van der Waals surface area contributed by atoms with Gasteiger partial charge in [0.2, 0.25) is 5.78 Å². The molecule has 0 unspecified atom stereocenters. The van der Waals surface area contributed by atoms with Gasteiger partial charge in [-0.1, -0.05) is 6.07 Å². The van der Waals surface area contributed by atoms with E-state index in [1.807, 2.05) is 12.1 Å². The topological polar surface area (TPSA) is 30.0 Å².